The zero-order chi connectivity index (χ0) is 20.6. The second-order valence-electron chi connectivity index (χ2n) is 6.08. The van der Waals surface area contributed by atoms with Gasteiger partial charge in [0.25, 0.3) is 0 Å². The fourth-order valence-electron chi connectivity index (χ4n) is 3.10. The molecule has 146 valence electrons. The Hall–Kier alpha value is -3.75. The van der Waals surface area contributed by atoms with Gasteiger partial charge in [-0.25, -0.2) is 19.7 Å². The average molecular weight is 398 g/mol. The van der Waals surface area contributed by atoms with Crippen molar-refractivity contribution < 1.29 is 22.7 Å². The maximum atomic E-state index is 13.3. The van der Waals surface area contributed by atoms with Crippen LogP contribution in [0.15, 0.2) is 61.2 Å². The van der Waals surface area contributed by atoms with E-state index in [1.165, 1.54) is 18.3 Å². The molecule has 0 radical (unpaired) electrons. The predicted octanol–water partition coefficient (Wildman–Crippen LogP) is 4.29. The summed E-state index contributed by atoms with van der Waals surface area (Å²) in [5.41, 5.74) is -0.0174. The van der Waals surface area contributed by atoms with E-state index < -0.39 is 23.3 Å². The maximum Gasteiger partial charge on any atom is 0.417 e. The first kappa shape index (κ1) is 18.6. The molecule has 29 heavy (non-hydrogen) atoms. The summed E-state index contributed by atoms with van der Waals surface area (Å²) in [5.74, 6) is -0.644. The average Bonchev–Trinajstić information content (AvgIpc) is 3.17. The van der Waals surface area contributed by atoms with Crippen LogP contribution in [-0.4, -0.2) is 32.6 Å². The number of carbonyl (C=O) groups excluding carboxylic acids is 1. The monoisotopic (exact) mass is 398 g/mol. The first-order valence-electron chi connectivity index (χ1n) is 8.43. The van der Waals surface area contributed by atoms with E-state index in [2.05, 4.69) is 19.7 Å². The Morgan fingerprint density at radius 1 is 1.03 bits per heavy atom. The molecule has 0 spiro atoms. The van der Waals surface area contributed by atoms with Gasteiger partial charge in [0, 0.05) is 30.2 Å². The van der Waals surface area contributed by atoms with Gasteiger partial charge in [0.1, 0.15) is 5.65 Å². The largest absolute Gasteiger partial charge is 0.465 e. The molecule has 0 aliphatic rings. The fraction of sp³-hybridized carbons (Fsp3) is 0.100. The number of rotatable bonds is 3. The van der Waals surface area contributed by atoms with Crippen LogP contribution in [0.25, 0.3) is 28.1 Å². The number of benzene rings is 1. The smallest absolute Gasteiger partial charge is 0.417 e. The van der Waals surface area contributed by atoms with Gasteiger partial charge in [-0.3, -0.25) is 4.57 Å². The van der Waals surface area contributed by atoms with Gasteiger partial charge in [-0.2, -0.15) is 13.2 Å². The summed E-state index contributed by atoms with van der Waals surface area (Å²) in [4.78, 5) is 24.7. The van der Waals surface area contributed by atoms with E-state index >= 15 is 0 Å². The van der Waals surface area contributed by atoms with Crippen molar-refractivity contribution in [3.63, 3.8) is 0 Å². The van der Waals surface area contributed by atoms with Crippen LogP contribution in [0.2, 0.25) is 0 Å². The lowest BCUT2D eigenvalue weighted by Crippen LogP contribution is -2.14. The highest BCUT2D eigenvalue weighted by Gasteiger charge is 2.35. The zero-order valence-corrected chi connectivity index (χ0v) is 15.0. The van der Waals surface area contributed by atoms with Crippen molar-refractivity contribution in [1.29, 1.82) is 0 Å². The summed E-state index contributed by atoms with van der Waals surface area (Å²) in [6.45, 7) is 0. The van der Waals surface area contributed by atoms with Gasteiger partial charge < -0.3 is 4.74 Å². The van der Waals surface area contributed by atoms with Gasteiger partial charge in [0.2, 0.25) is 5.95 Å². The van der Waals surface area contributed by atoms with Gasteiger partial charge in [0.05, 0.1) is 18.2 Å². The second kappa shape index (κ2) is 7.01. The standard InChI is InChI=1S/C20H13F3N4O2/c1-29-18(28)15-11-12(3-4-16(15)20(21,22)23)13-5-9-24-17-14(13)6-10-27(17)19-25-7-2-8-26-19/h2-11H,1H3. The third-order valence-electron chi connectivity index (χ3n) is 4.40. The number of carbonyl (C=O) groups is 1. The van der Waals surface area contributed by atoms with Gasteiger partial charge in [-0.05, 0) is 41.5 Å². The second-order valence-corrected chi connectivity index (χ2v) is 6.08. The number of aromatic nitrogens is 4. The van der Waals surface area contributed by atoms with E-state index in [1.54, 1.807) is 41.4 Å². The number of ether oxygens (including phenoxy) is 1. The van der Waals surface area contributed by atoms with Gasteiger partial charge in [0.15, 0.2) is 0 Å². The van der Waals surface area contributed by atoms with E-state index in [1.807, 2.05) is 0 Å². The molecular weight excluding hydrogens is 385 g/mol. The Bertz CT molecular complexity index is 1200. The Kier molecular flexibility index (Phi) is 4.50. The molecule has 4 aromatic rings. The van der Waals surface area contributed by atoms with Crippen LogP contribution in [0.4, 0.5) is 13.2 Å². The van der Waals surface area contributed by atoms with Crippen molar-refractivity contribution >= 4 is 17.0 Å². The molecule has 1 aromatic carbocycles. The van der Waals surface area contributed by atoms with Crippen molar-refractivity contribution in [2.24, 2.45) is 0 Å². The minimum atomic E-state index is -4.68. The SMILES string of the molecule is COC(=O)c1cc(-c2ccnc3c2ccn3-c2ncccn2)ccc1C(F)(F)F. The van der Waals surface area contributed by atoms with Crippen molar-refractivity contribution in [2.45, 2.75) is 6.18 Å². The molecule has 0 N–H and O–H groups in total. The van der Waals surface area contributed by atoms with Crippen LogP contribution in [-0.2, 0) is 10.9 Å². The van der Waals surface area contributed by atoms with Crippen LogP contribution in [0.5, 0.6) is 0 Å². The summed E-state index contributed by atoms with van der Waals surface area (Å²) in [7, 11) is 1.04. The topological polar surface area (TPSA) is 69.9 Å². The van der Waals surface area contributed by atoms with Crippen molar-refractivity contribution in [3.8, 4) is 17.1 Å². The van der Waals surface area contributed by atoms with E-state index in [-0.39, 0.29) is 0 Å². The Balaban J connectivity index is 1.90. The number of fused-ring (bicyclic) bond motifs is 1. The lowest BCUT2D eigenvalue weighted by Gasteiger charge is -2.13. The minimum Gasteiger partial charge on any atom is -0.465 e. The van der Waals surface area contributed by atoms with Crippen LogP contribution in [0, 0.1) is 0 Å². The first-order chi connectivity index (χ1) is 13.9. The Morgan fingerprint density at radius 3 is 2.48 bits per heavy atom. The molecular formula is C20H13F3N4O2. The summed E-state index contributed by atoms with van der Waals surface area (Å²) < 4.78 is 46.1. The number of alkyl halides is 3. The van der Waals surface area contributed by atoms with Gasteiger partial charge >= 0.3 is 12.1 Å². The van der Waals surface area contributed by atoms with Crippen LogP contribution in [0.3, 0.4) is 0 Å². The van der Waals surface area contributed by atoms with Gasteiger partial charge in [-0.15, -0.1) is 0 Å². The number of nitrogens with zero attached hydrogens (tertiary/aromatic N) is 4. The van der Waals surface area contributed by atoms with E-state index in [9.17, 15) is 18.0 Å². The molecule has 4 rings (SSSR count). The highest BCUT2D eigenvalue weighted by atomic mass is 19.4. The molecule has 0 amide bonds. The van der Waals surface area contributed by atoms with Crippen LogP contribution < -0.4 is 0 Å². The fourth-order valence-corrected chi connectivity index (χ4v) is 3.10. The number of halogens is 3. The number of hydrogen-bond donors (Lipinski definition) is 0. The molecule has 0 aliphatic heterocycles. The molecule has 3 aromatic heterocycles. The third kappa shape index (κ3) is 3.31. The number of pyridine rings is 1. The summed E-state index contributed by atoms with van der Waals surface area (Å²) >= 11 is 0. The molecule has 0 fully saturated rings. The Labute approximate surface area is 162 Å². The highest BCUT2D eigenvalue weighted by Crippen LogP contribution is 2.36. The zero-order valence-electron chi connectivity index (χ0n) is 15.0. The normalized spacial score (nSPS) is 11.6. The molecule has 3 heterocycles. The predicted molar refractivity (Wildman–Crippen MR) is 98.4 cm³/mol. The maximum absolute atomic E-state index is 13.3. The summed E-state index contributed by atoms with van der Waals surface area (Å²) in [5, 5.41) is 0.676. The molecule has 0 saturated carbocycles. The first-order valence-corrected chi connectivity index (χ1v) is 8.43. The molecule has 0 aliphatic carbocycles. The molecule has 6 nitrogen and oxygen atoms in total. The lowest BCUT2D eigenvalue weighted by molar-refractivity contribution is -0.138. The molecule has 0 saturated heterocycles. The molecule has 0 unspecified atom stereocenters. The minimum absolute atomic E-state index is 0.412. The lowest BCUT2D eigenvalue weighted by atomic mass is 9.97. The van der Waals surface area contributed by atoms with Crippen LogP contribution in [0.1, 0.15) is 15.9 Å². The quantitative estimate of drug-likeness (QED) is 0.482. The highest BCUT2D eigenvalue weighted by molar-refractivity contribution is 5.97. The Morgan fingerprint density at radius 2 is 1.79 bits per heavy atom. The molecule has 0 atom stereocenters. The molecule has 9 heteroatoms. The van der Waals surface area contributed by atoms with E-state index in [4.69, 9.17) is 0 Å². The number of methoxy groups -OCH3 is 1. The number of hydrogen-bond acceptors (Lipinski definition) is 5. The summed E-state index contributed by atoms with van der Waals surface area (Å²) in [6, 6.07) is 8.50. The van der Waals surface area contributed by atoms with Gasteiger partial charge in [-0.1, -0.05) is 6.07 Å². The van der Waals surface area contributed by atoms with Crippen molar-refractivity contribution in [3.05, 3.63) is 72.3 Å². The molecule has 0 bridgehead atoms. The van der Waals surface area contributed by atoms with Crippen molar-refractivity contribution in [2.75, 3.05) is 7.11 Å². The number of esters is 1. The summed E-state index contributed by atoms with van der Waals surface area (Å²) in [6.07, 6.45) is 1.77. The van der Waals surface area contributed by atoms with Crippen molar-refractivity contribution in [1.82, 2.24) is 19.5 Å². The van der Waals surface area contributed by atoms with Crippen LogP contribution >= 0.6 is 0 Å². The van der Waals surface area contributed by atoms with E-state index in [0.29, 0.717) is 28.1 Å². The van der Waals surface area contributed by atoms with E-state index in [0.717, 1.165) is 13.2 Å². The third-order valence-corrected chi connectivity index (χ3v) is 4.40.